The lowest BCUT2D eigenvalue weighted by molar-refractivity contribution is -0.140. The first-order chi connectivity index (χ1) is 15.9. The standard InChI is InChI=1S/C21H19F3N6O3/c22-21(23,24)19-12(9-25-29-19)17-11-4-2-1-3-10(11)15-13(26-17)5-6-14-16(15)18(28-27-14)20(32)30-33-8-7-31/h5-6,9,31H,1-4,7-8H2,(H,25,29)(H,27,28)(H,30,32). The van der Waals surface area contributed by atoms with Crippen LogP contribution < -0.4 is 5.48 Å². The number of carbonyl (C=O) groups is 1. The fourth-order valence-corrected chi connectivity index (χ4v) is 4.41. The summed E-state index contributed by atoms with van der Waals surface area (Å²) in [5.41, 5.74) is 4.16. The zero-order valence-corrected chi connectivity index (χ0v) is 17.2. The molecule has 0 aliphatic heterocycles. The lowest BCUT2D eigenvalue weighted by Gasteiger charge is -2.22. The summed E-state index contributed by atoms with van der Waals surface area (Å²) in [6, 6.07) is 3.38. The molecule has 0 saturated carbocycles. The number of H-pyrrole nitrogens is 2. The molecule has 1 aliphatic carbocycles. The van der Waals surface area contributed by atoms with E-state index in [4.69, 9.17) is 9.94 Å². The summed E-state index contributed by atoms with van der Waals surface area (Å²) in [6.45, 7) is -0.347. The van der Waals surface area contributed by atoms with Crippen LogP contribution in [0.4, 0.5) is 13.2 Å². The molecular weight excluding hydrogens is 441 g/mol. The summed E-state index contributed by atoms with van der Waals surface area (Å²) >= 11 is 0. The Morgan fingerprint density at radius 3 is 2.70 bits per heavy atom. The predicted octanol–water partition coefficient (Wildman–Crippen LogP) is 3.05. The Hall–Kier alpha value is -3.51. The van der Waals surface area contributed by atoms with E-state index < -0.39 is 17.8 Å². The Kier molecular flexibility index (Phi) is 5.25. The molecule has 33 heavy (non-hydrogen) atoms. The first-order valence-electron chi connectivity index (χ1n) is 10.4. The van der Waals surface area contributed by atoms with Gasteiger partial charge in [0, 0.05) is 10.8 Å². The topological polar surface area (TPSA) is 129 Å². The van der Waals surface area contributed by atoms with Crippen molar-refractivity contribution < 1.29 is 27.9 Å². The number of halogens is 3. The average molecular weight is 460 g/mol. The van der Waals surface area contributed by atoms with Crippen LogP contribution >= 0.6 is 0 Å². The normalized spacial score (nSPS) is 14.1. The van der Waals surface area contributed by atoms with Gasteiger partial charge in [-0.05, 0) is 48.9 Å². The predicted molar refractivity (Wildman–Crippen MR) is 111 cm³/mol. The van der Waals surface area contributed by atoms with Crippen LogP contribution in [-0.2, 0) is 23.9 Å². The summed E-state index contributed by atoms with van der Waals surface area (Å²) in [5.74, 6) is -0.606. The molecule has 0 spiro atoms. The molecule has 0 unspecified atom stereocenters. The third-order valence-electron chi connectivity index (χ3n) is 5.75. The molecule has 0 radical (unpaired) electrons. The smallest absolute Gasteiger partial charge is 0.394 e. The zero-order valence-electron chi connectivity index (χ0n) is 17.2. The van der Waals surface area contributed by atoms with Crippen LogP contribution in [0.3, 0.4) is 0 Å². The number of aryl methyl sites for hydroxylation is 1. The lowest BCUT2D eigenvalue weighted by Crippen LogP contribution is -2.25. The summed E-state index contributed by atoms with van der Waals surface area (Å²) in [5, 5.41) is 22.7. The molecule has 172 valence electrons. The summed E-state index contributed by atoms with van der Waals surface area (Å²) in [6.07, 6.45) is -0.578. The van der Waals surface area contributed by atoms with Gasteiger partial charge in [-0.25, -0.2) is 10.5 Å². The monoisotopic (exact) mass is 460 g/mol. The van der Waals surface area contributed by atoms with Crippen LogP contribution in [0.5, 0.6) is 0 Å². The molecule has 0 saturated heterocycles. The highest BCUT2D eigenvalue weighted by molar-refractivity contribution is 6.16. The summed E-state index contributed by atoms with van der Waals surface area (Å²) in [4.78, 5) is 22.2. The van der Waals surface area contributed by atoms with Crippen LogP contribution in [0.1, 0.15) is 40.2 Å². The fourth-order valence-electron chi connectivity index (χ4n) is 4.41. The van der Waals surface area contributed by atoms with Crippen molar-refractivity contribution in [1.82, 2.24) is 30.9 Å². The lowest BCUT2D eigenvalue weighted by atomic mass is 9.85. The van der Waals surface area contributed by atoms with E-state index in [-0.39, 0.29) is 30.2 Å². The number of hydroxylamine groups is 1. The molecule has 0 bridgehead atoms. The largest absolute Gasteiger partial charge is 0.433 e. The van der Waals surface area contributed by atoms with Gasteiger partial charge in [-0.2, -0.15) is 23.4 Å². The molecule has 5 rings (SSSR count). The van der Waals surface area contributed by atoms with Crippen molar-refractivity contribution >= 4 is 27.7 Å². The van der Waals surface area contributed by atoms with Gasteiger partial charge in [0.15, 0.2) is 5.69 Å². The number of aromatic amines is 2. The van der Waals surface area contributed by atoms with Crippen molar-refractivity contribution in [1.29, 1.82) is 0 Å². The SMILES string of the molecule is O=C(NOCCO)c1n[nH]c2ccc3nc(-c4cn[nH]c4C(F)(F)F)c4c(c3c12)CCCC4. The van der Waals surface area contributed by atoms with Crippen LogP contribution in [0.25, 0.3) is 33.1 Å². The maximum absolute atomic E-state index is 13.6. The molecular formula is C21H19F3N6O3. The number of benzene rings is 1. The molecule has 4 N–H and O–H groups in total. The highest BCUT2D eigenvalue weighted by Gasteiger charge is 2.37. The number of aliphatic hydroxyl groups is 1. The van der Waals surface area contributed by atoms with Crippen LogP contribution in [0.2, 0.25) is 0 Å². The fraction of sp³-hybridized carbons (Fsp3) is 0.333. The second-order valence-corrected chi connectivity index (χ2v) is 7.74. The third kappa shape index (κ3) is 3.60. The van der Waals surface area contributed by atoms with Gasteiger partial charge >= 0.3 is 6.18 Å². The molecule has 0 fully saturated rings. The van der Waals surface area contributed by atoms with E-state index in [0.29, 0.717) is 34.6 Å². The van der Waals surface area contributed by atoms with E-state index >= 15 is 0 Å². The van der Waals surface area contributed by atoms with Crippen molar-refractivity contribution in [2.45, 2.75) is 31.9 Å². The molecule has 3 heterocycles. The van der Waals surface area contributed by atoms with Crippen LogP contribution in [-0.4, -0.2) is 49.6 Å². The second kappa shape index (κ2) is 8.12. The Balaban J connectivity index is 1.75. The Morgan fingerprint density at radius 1 is 1.15 bits per heavy atom. The van der Waals surface area contributed by atoms with Gasteiger partial charge in [0.1, 0.15) is 5.69 Å². The molecule has 0 atom stereocenters. The van der Waals surface area contributed by atoms with Gasteiger partial charge in [-0.3, -0.25) is 19.8 Å². The van der Waals surface area contributed by atoms with E-state index in [1.165, 1.54) is 0 Å². The molecule has 3 aromatic heterocycles. The summed E-state index contributed by atoms with van der Waals surface area (Å²) < 4.78 is 40.7. The Morgan fingerprint density at radius 2 is 1.94 bits per heavy atom. The molecule has 12 heteroatoms. The number of hydrogen-bond donors (Lipinski definition) is 4. The Labute approximate surface area is 184 Å². The first kappa shape index (κ1) is 21.3. The van der Waals surface area contributed by atoms with Gasteiger partial charge in [-0.15, -0.1) is 0 Å². The number of fused-ring (bicyclic) bond motifs is 5. The maximum atomic E-state index is 13.6. The molecule has 1 aromatic carbocycles. The quantitative estimate of drug-likeness (QED) is 0.268. The molecule has 1 amide bonds. The van der Waals surface area contributed by atoms with Crippen LogP contribution in [0.15, 0.2) is 18.3 Å². The van der Waals surface area contributed by atoms with E-state index in [2.05, 4.69) is 30.9 Å². The number of carbonyl (C=O) groups excluding carboxylic acids is 1. The van der Waals surface area contributed by atoms with E-state index in [1.807, 2.05) is 0 Å². The summed E-state index contributed by atoms with van der Waals surface area (Å²) in [7, 11) is 0. The Bertz CT molecular complexity index is 1360. The van der Waals surface area contributed by atoms with E-state index in [0.717, 1.165) is 30.2 Å². The number of nitrogens with one attached hydrogen (secondary N) is 3. The third-order valence-corrected chi connectivity index (χ3v) is 5.75. The first-order valence-corrected chi connectivity index (χ1v) is 10.4. The van der Waals surface area contributed by atoms with E-state index in [9.17, 15) is 18.0 Å². The molecule has 9 nitrogen and oxygen atoms in total. The minimum atomic E-state index is -4.60. The number of rotatable bonds is 5. The van der Waals surface area contributed by atoms with Crippen molar-refractivity contribution in [3.63, 3.8) is 0 Å². The van der Waals surface area contributed by atoms with E-state index in [1.54, 1.807) is 12.1 Å². The van der Waals surface area contributed by atoms with Gasteiger partial charge in [0.2, 0.25) is 0 Å². The van der Waals surface area contributed by atoms with Crippen molar-refractivity contribution in [2.75, 3.05) is 13.2 Å². The van der Waals surface area contributed by atoms with Gasteiger partial charge in [-0.1, -0.05) is 0 Å². The van der Waals surface area contributed by atoms with Crippen molar-refractivity contribution in [2.24, 2.45) is 0 Å². The van der Waals surface area contributed by atoms with Crippen molar-refractivity contribution in [3.8, 4) is 11.3 Å². The second-order valence-electron chi connectivity index (χ2n) is 7.74. The highest BCUT2D eigenvalue weighted by atomic mass is 19.4. The molecule has 4 aromatic rings. The minimum absolute atomic E-state index is 0.0788. The van der Waals surface area contributed by atoms with Gasteiger partial charge < -0.3 is 5.11 Å². The number of nitrogens with zero attached hydrogens (tertiary/aromatic N) is 3. The number of hydrogen-bond acceptors (Lipinski definition) is 6. The van der Waals surface area contributed by atoms with Crippen molar-refractivity contribution in [3.05, 3.63) is 40.8 Å². The number of alkyl halides is 3. The highest BCUT2D eigenvalue weighted by Crippen LogP contribution is 2.41. The average Bonchev–Trinajstić information content (AvgIpc) is 3.46. The maximum Gasteiger partial charge on any atom is 0.433 e. The molecule has 1 aliphatic rings. The zero-order chi connectivity index (χ0) is 23.2. The number of aliphatic hydroxyl groups excluding tert-OH is 1. The number of aromatic nitrogens is 5. The van der Waals surface area contributed by atoms with Gasteiger partial charge in [0.25, 0.3) is 5.91 Å². The van der Waals surface area contributed by atoms with Crippen LogP contribution in [0, 0.1) is 0 Å². The minimum Gasteiger partial charge on any atom is -0.394 e. The number of amides is 1. The van der Waals surface area contributed by atoms with Gasteiger partial charge in [0.05, 0.1) is 41.7 Å². The number of pyridine rings is 1.